The van der Waals surface area contributed by atoms with Crippen LogP contribution in [0.3, 0.4) is 0 Å². The molecule has 4 heteroatoms. The maximum Gasteiger partial charge on any atom is 0.327 e. The molecule has 0 aromatic carbocycles. The number of unbranched alkanes of at least 4 members (excludes halogenated alkanes) is 35. The van der Waals surface area contributed by atoms with Gasteiger partial charge in [-0.2, -0.15) is 0 Å². The van der Waals surface area contributed by atoms with Crippen LogP contribution < -0.4 is 0 Å². The lowest BCUT2D eigenvalue weighted by Crippen LogP contribution is -1.86. The first kappa shape index (κ1) is 47.2. The van der Waals surface area contributed by atoms with Crippen LogP contribution in [0.25, 0.3) is 0 Å². The summed E-state index contributed by atoms with van der Waals surface area (Å²) in [6.07, 6.45) is 60.6. The third-order valence-electron chi connectivity index (χ3n) is 9.92. The molecule has 0 bridgehead atoms. The molecule has 0 aliphatic carbocycles. The van der Waals surface area contributed by atoms with Crippen molar-refractivity contribution in [1.82, 2.24) is 0 Å². The van der Waals surface area contributed by atoms with E-state index < -0.39 is 11.9 Å². The Morgan fingerprint density at radius 1 is 0.245 bits per heavy atom. The van der Waals surface area contributed by atoms with Gasteiger partial charge in [0.25, 0.3) is 0 Å². The molecule has 49 heavy (non-hydrogen) atoms. The average molecular weight is 687 g/mol. The third-order valence-corrected chi connectivity index (χ3v) is 9.92. The van der Waals surface area contributed by atoms with Crippen molar-refractivity contribution >= 4 is 11.9 Å². The predicted octanol–water partition coefficient (Wildman–Crippen LogP) is 15.3. The summed E-state index contributed by atoms with van der Waals surface area (Å²) in [4.78, 5) is 20.8. The summed E-state index contributed by atoms with van der Waals surface area (Å²) < 4.78 is 0. The van der Waals surface area contributed by atoms with Crippen LogP contribution in [0.15, 0.2) is 36.5 Å². The fourth-order valence-electron chi connectivity index (χ4n) is 6.78. The van der Waals surface area contributed by atoms with Gasteiger partial charge < -0.3 is 10.2 Å². The molecule has 0 rings (SSSR count). The summed E-state index contributed by atoms with van der Waals surface area (Å²) in [6.45, 7) is 0. The zero-order valence-corrected chi connectivity index (χ0v) is 32.3. The summed E-state index contributed by atoms with van der Waals surface area (Å²) in [7, 11) is 0. The molecule has 0 amide bonds. The van der Waals surface area contributed by atoms with Gasteiger partial charge in [-0.05, 0) is 51.4 Å². The largest absolute Gasteiger partial charge is 0.478 e. The van der Waals surface area contributed by atoms with Crippen LogP contribution >= 0.6 is 0 Å². The SMILES string of the molecule is O=C(O)C=CCCCCCCC=CCCCCCCCCCCCCCCCCCCCCCCCCCCCCCCCC=CC(=O)O. The van der Waals surface area contributed by atoms with Gasteiger partial charge in [-0.25, -0.2) is 9.59 Å². The van der Waals surface area contributed by atoms with Gasteiger partial charge in [0.05, 0.1) is 0 Å². The van der Waals surface area contributed by atoms with Crippen LogP contribution in [0.5, 0.6) is 0 Å². The molecule has 0 heterocycles. The van der Waals surface area contributed by atoms with E-state index in [2.05, 4.69) is 12.2 Å². The smallest absolute Gasteiger partial charge is 0.327 e. The molecule has 0 aliphatic rings. The van der Waals surface area contributed by atoms with Crippen molar-refractivity contribution < 1.29 is 19.8 Å². The Balaban J connectivity index is 3.11. The third kappa shape index (κ3) is 46.2. The molecule has 0 saturated carbocycles. The van der Waals surface area contributed by atoms with E-state index in [1.165, 1.54) is 224 Å². The maximum atomic E-state index is 10.4. The fourth-order valence-corrected chi connectivity index (χ4v) is 6.78. The van der Waals surface area contributed by atoms with Crippen molar-refractivity contribution in [1.29, 1.82) is 0 Å². The van der Waals surface area contributed by atoms with Crippen LogP contribution in [0.2, 0.25) is 0 Å². The second-order valence-corrected chi connectivity index (χ2v) is 14.8. The van der Waals surface area contributed by atoms with E-state index in [4.69, 9.17) is 10.2 Å². The van der Waals surface area contributed by atoms with Gasteiger partial charge in [-0.15, -0.1) is 0 Å². The second-order valence-electron chi connectivity index (χ2n) is 14.8. The number of allylic oxidation sites excluding steroid dienone is 4. The van der Waals surface area contributed by atoms with Gasteiger partial charge in [0, 0.05) is 12.2 Å². The molecule has 0 aliphatic heterocycles. The molecule has 0 fully saturated rings. The van der Waals surface area contributed by atoms with Crippen molar-refractivity contribution in [2.75, 3.05) is 0 Å². The standard InChI is InChI=1S/C45H82O4/c46-44(47)42-40-38-36-34-32-30-28-26-24-22-20-18-16-14-12-10-8-6-4-2-1-3-5-7-9-11-13-15-17-19-21-23-25-27-29-31-33-35-37-39-41-43-45(48)49/h24,26,40-43H,1-23,25,27-39H2,(H,46,47)(H,48,49). The van der Waals surface area contributed by atoms with Crippen LogP contribution in [-0.4, -0.2) is 22.2 Å². The van der Waals surface area contributed by atoms with E-state index in [1.807, 2.05) is 0 Å². The Morgan fingerprint density at radius 3 is 0.551 bits per heavy atom. The first-order valence-electron chi connectivity index (χ1n) is 21.6. The van der Waals surface area contributed by atoms with Gasteiger partial charge >= 0.3 is 11.9 Å². The average Bonchev–Trinajstić information content (AvgIpc) is 3.08. The first-order valence-corrected chi connectivity index (χ1v) is 21.6. The zero-order chi connectivity index (χ0) is 35.6. The predicted molar refractivity (Wildman–Crippen MR) is 214 cm³/mol. The van der Waals surface area contributed by atoms with E-state index in [-0.39, 0.29) is 0 Å². The first-order chi connectivity index (χ1) is 24.1. The molecule has 0 aromatic rings. The number of hydrogen-bond donors (Lipinski definition) is 2. The topological polar surface area (TPSA) is 74.6 Å². The lowest BCUT2D eigenvalue weighted by atomic mass is 10.0. The van der Waals surface area contributed by atoms with E-state index in [0.717, 1.165) is 25.7 Å². The van der Waals surface area contributed by atoms with Gasteiger partial charge in [0.2, 0.25) is 0 Å². The molecule has 0 aromatic heterocycles. The summed E-state index contributed by atoms with van der Waals surface area (Å²) in [5.74, 6) is -1.67. The Labute approximate surface area is 305 Å². The molecule has 0 radical (unpaired) electrons. The lowest BCUT2D eigenvalue weighted by molar-refractivity contribution is -0.132. The molecule has 4 nitrogen and oxygen atoms in total. The highest BCUT2D eigenvalue weighted by atomic mass is 16.4. The van der Waals surface area contributed by atoms with Gasteiger partial charge in [-0.3, -0.25) is 0 Å². The summed E-state index contributed by atoms with van der Waals surface area (Å²) in [6, 6.07) is 0. The molecular formula is C45H82O4. The van der Waals surface area contributed by atoms with Crippen molar-refractivity contribution in [2.45, 2.75) is 238 Å². The highest BCUT2D eigenvalue weighted by Gasteiger charge is 1.97. The Bertz CT molecular complexity index is 768. The van der Waals surface area contributed by atoms with Crippen molar-refractivity contribution in [3.63, 3.8) is 0 Å². The minimum atomic E-state index is -0.841. The van der Waals surface area contributed by atoms with Gasteiger partial charge in [0.15, 0.2) is 0 Å². The Morgan fingerprint density at radius 2 is 0.388 bits per heavy atom. The van der Waals surface area contributed by atoms with Crippen LogP contribution in [0.4, 0.5) is 0 Å². The molecule has 0 saturated heterocycles. The lowest BCUT2D eigenvalue weighted by Gasteiger charge is -2.04. The minimum Gasteiger partial charge on any atom is -0.478 e. The number of rotatable bonds is 41. The molecule has 2 N–H and O–H groups in total. The van der Waals surface area contributed by atoms with Gasteiger partial charge in [-0.1, -0.05) is 211 Å². The van der Waals surface area contributed by atoms with Crippen LogP contribution in [-0.2, 0) is 9.59 Å². The maximum absolute atomic E-state index is 10.4. The highest BCUT2D eigenvalue weighted by molar-refractivity contribution is 5.79. The van der Waals surface area contributed by atoms with Crippen molar-refractivity contribution in [3.8, 4) is 0 Å². The van der Waals surface area contributed by atoms with Crippen molar-refractivity contribution in [3.05, 3.63) is 36.5 Å². The second kappa shape index (κ2) is 42.3. The minimum absolute atomic E-state index is 0.833. The number of hydrogen-bond acceptors (Lipinski definition) is 2. The Hall–Kier alpha value is -1.84. The van der Waals surface area contributed by atoms with E-state index in [9.17, 15) is 9.59 Å². The van der Waals surface area contributed by atoms with Crippen LogP contribution in [0, 0.1) is 0 Å². The molecule has 0 unspecified atom stereocenters. The molecule has 286 valence electrons. The number of carboxylic acids is 2. The monoisotopic (exact) mass is 687 g/mol. The number of aliphatic carboxylic acids is 2. The number of carbonyl (C=O) groups is 2. The zero-order valence-electron chi connectivity index (χ0n) is 32.3. The van der Waals surface area contributed by atoms with E-state index >= 15 is 0 Å². The Kier molecular flexibility index (Phi) is 40.7. The highest BCUT2D eigenvalue weighted by Crippen LogP contribution is 2.17. The summed E-state index contributed by atoms with van der Waals surface area (Å²) >= 11 is 0. The molecular weight excluding hydrogens is 604 g/mol. The normalized spacial score (nSPS) is 11.9. The quantitative estimate of drug-likeness (QED) is 0.0381. The molecule has 0 spiro atoms. The molecule has 0 atom stereocenters. The summed E-state index contributed by atoms with van der Waals surface area (Å²) in [5.41, 5.74) is 0. The van der Waals surface area contributed by atoms with E-state index in [0.29, 0.717) is 0 Å². The summed E-state index contributed by atoms with van der Waals surface area (Å²) in [5, 5.41) is 17.1. The van der Waals surface area contributed by atoms with Gasteiger partial charge in [0.1, 0.15) is 0 Å². The fraction of sp³-hybridized carbons (Fsp3) is 0.822. The van der Waals surface area contributed by atoms with E-state index in [1.54, 1.807) is 12.2 Å². The van der Waals surface area contributed by atoms with Crippen molar-refractivity contribution in [2.24, 2.45) is 0 Å². The van der Waals surface area contributed by atoms with Crippen LogP contribution in [0.1, 0.15) is 238 Å². The number of carboxylic acid groups (broad SMARTS) is 2.